The number of carbonyl (C=O) groups excluding carboxylic acids is 2. The first-order chi connectivity index (χ1) is 13.5. The average molecular weight is 401 g/mol. The fourth-order valence-electron chi connectivity index (χ4n) is 2.52. The van der Waals surface area contributed by atoms with Crippen LogP contribution in [0.2, 0.25) is 0 Å². The van der Waals surface area contributed by atoms with Gasteiger partial charge in [-0.05, 0) is 35.5 Å². The van der Waals surface area contributed by atoms with Gasteiger partial charge >= 0.3 is 0 Å². The van der Waals surface area contributed by atoms with Crippen LogP contribution < -0.4 is 26.2 Å². The molecule has 0 aliphatic rings. The van der Waals surface area contributed by atoms with E-state index < -0.39 is 6.04 Å². The molecule has 0 saturated heterocycles. The van der Waals surface area contributed by atoms with Crippen LogP contribution in [0.15, 0.2) is 54.6 Å². The van der Waals surface area contributed by atoms with Gasteiger partial charge in [0, 0.05) is 13.5 Å². The third-order valence-corrected chi connectivity index (χ3v) is 4.14. The first kappa shape index (κ1) is 21.2. The maximum atomic E-state index is 12.2. The largest absolute Gasteiger partial charge is 0.497 e. The van der Waals surface area contributed by atoms with Crippen molar-refractivity contribution in [1.29, 1.82) is 0 Å². The van der Waals surface area contributed by atoms with Crippen LogP contribution in [0.25, 0.3) is 0 Å². The van der Waals surface area contributed by atoms with Gasteiger partial charge in [0.1, 0.15) is 5.75 Å². The minimum absolute atomic E-state index is 0.0810. The highest BCUT2D eigenvalue weighted by atomic mass is 32.1. The maximum Gasteiger partial charge on any atom is 0.240 e. The summed E-state index contributed by atoms with van der Waals surface area (Å²) in [6.45, 7) is 1.93. The molecule has 2 aromatic rings. The van der Waals surface area contributed by atoms with Crippen LogP contribution in [0.3, 0.4) is 0 Å². The molecule has 1 atom stereocenters. The summed E-state index contributed by atoms with van der Waals surface area (Å²) < 4.78 is 5.11. The summed E-state index contributed by atoms with van der Waals surface area (Å²) in [6, 6.07) is 16.5. The molecular weight excluding hydrogens is 376 g/mol. The Kier molecular flexibility index (Phi) is 8.23. The van der Waals surface area contributed by atoms with E-state index in [1.807, 2.05) is 54.6 Å². The standard InChI is InChI=1S/C20H24N4O3S/c1-14(25)22-18(16-6-4-3-5-7-16)12-19(26)23-24-20(28)21-13-15-8-10-17(27-2)11-9-15/h3-11,18H,12-13H2,1-2H3,(H,22,25)(H,23,26)(H2,21,24,28)/t18-/m1/s1. The molecule has 0 spiro atoms. The van der Waals surface area contributed by atoms with Gasteiger partial charge < -0.3 is 15.4 Å². The normalized spacial score (nSPS) is 11.1. The first-order valence-electron chi connectivity index (χ1n) is 8.75. The summed E-state index contributed by atoms with van der Waals surface area (Å²) in [5, 5.41) is 6.08. The van der Waals surface area contributed by atoms with Crippen molar-refractivity contribution in [3.05, 3.63) is 65.7 Å². The molecule has 0 unspecified atom stereocenters. The van der Waals surface area contributed by atoms with E-state index in [4.69, 9.17) is 17.0 Å². The van der Waals surface area contributed by atoms with Crippen LogP contribution in [0.5, 0.6) is 5.75 Å². The van der Waals surface area contributed by atoms with Crippen LogP contribution in [0.4, 0.5) is 0 Å². The zero-order valence-corrected chi connectivity index (χ0v) is 16.6. The molecule has 0 aromatic heterocycles. The molecule has 0 radical (unpaired) electrons. The van der Waals surface area contributed by atoms with Crippen molar-refractivity contribution in [2.45, 2.75) is 25.9 Å². The summed E-state index contributed by atoms with van der Waals surface area (Å²) in [7, 11) is 1.61. The minimum Gasteiger partial charge on any atom is -0.497 e. The quantitative estimate of drug-likeness (QED) is 0.420. The SMILES string of the molecule is COc1ccc(CNC(=S)NNC(=O)C[C@@H](NC(C)=O)c2ccccc2)cc1. The van der Waals surface area contributed by atoms with Crippen molar-refractivity contribution in [1.82, 2.24) is 21.5 Å². The van der Waals surface area contributed by atoms with E-state index >= 15 is 0 Å². The van der Waals surface area contributed by atoms with Gasteiger partial charge in [-0.15, -0.1) is 0 Å². The lowest BCUT2D eigenvalue weighted by Gasteiger charge is -2.18. The van der Waals surface area contributed by atoms with Crippen molar-refractivity contribution in [2.75, 3.05) is 7.11 Å². The molecule has 0 aliphatic carbocycles. The van der Waals surface area contributed by atoms with E-state index in [2.05, 4.69) is 21.5 Å². The monoisotopic (exact) mass is 400 g/mol. The number of hydrogen-bond acceptors (Lipinski definition) is 4. The summed E-state index contributed by atoms with van der Waals surface area (Å²) in [6.07, 6.45) is 0.0810. The number of hydrazine groups is 1. The molecule has 0 heterocycles. The lowest BCUT2D eigenvalue weighted by atomic mass is 10.0. The first-order valence-corrected chi connectivity index (χ1v) is 9.16. The number of nitrogens with one attached hydrogen (secondary N) is 4. The van der Waals surface area contributed by atoms with Gasteiger partial charge in [-0.1, -0.05) is 42.5 Å². The Morgan fingerprint density at radius 2 is 1.71 bits per heavy atom. The predicted octanol–water partition coefficient (Wildman–Crippen LogP) is 1.96. The Balaban J connectivity index is 1.79. The second kappa shape index (κ2) is 10.9. The lowest BCUT2D eigenvalue weighted by molar-refractivity contribution is -0.123. The summed E-state index contributed by atoms with van der Waals surface area (Å²) >= 11 is 5.17. The van der Waals surface area contributed by atoms with Crippen LogP contribution in [0, 0.1) is 0 Å². The number of ether oxygens (including phenoxy) is 1. The molecular formula is C20H24N4O3S. The Hall–Kier alpha value is -3.13. The second-order valence-corrected chi connectivity index (χ2v) is 6.48. The third kappa shape index (κ3) is 7.24. The minimum atomic E-state index is -0.415. The molecule has 0 aliphatic heterocycles. The molecule has 7 nitrogen and oxygen atoms in total. The molecule has 2 rings (SSSR count). The molecule has 8 heteroatoms. The Morgan fingerprint density at radius 1 is 1.04 bits per heavy atom. The van der Waals surface area contributed by atoms with Crippen LogP contribution >= 0.6 is 12.2 Å². The van der Waals surface area contributed by atoms with Crippen molar-refractivity contribution in [3.8, 4) is 5.75 Å². The van der Waals surface area contributed by atoms with Gasteiger partial charge in [-0.2, -0.15) is 0 Å². The van der Waals surface area contributed by atoms with Crippen molar-refractivity contribution in [2.24, 2.45) is 0 Å². The topological polar surface area (TPSA) is 91.5 Å². The zero-order valence-electron chi connectivity index (χ0n) is 15.8. The van der Waals surface area contributed by atoms with Gasteiger partial charge in [0.15, 0.2) is 5.11 Å². The van der Waals surface area contributed by atoms with Gasteiger partial charge in [-0.3, -0.25) is 20.4 Å². The molecule has 28 heavy (non-hydrogen) atoms. The number of rotatable bonds is 7. The van der Waals surface area contributed by atoms with Gasteiger partial charge in [0.25, 0.3) is 0 Å². The fraction of sp³-hybridized carbons (Fsp3) is 0.250. The van der Waals surface area contributed by atoms with Crippen LogP contribution in [-0.4, -0.2) is 24.0 Å². The number of hydrogen-bond donors (Lipinski definition) is 4. The molecule has 0 bridgehead atoms. The highest BCUT2D eigenvalue weighted by molar-refractivity contribution is 7.80. The maximum absolute atomic E-state index is 12.2. The van der Waals surface area contributed by atoms with Crippen LogP contribution in [0.1, 0.15) is 30.5 Å². The summed E-state index contributed by atoms with van der Waals surface area (Å²) in [5.74, 6) is 0.284. The number of amides is 2. The Bertz CT molecular complexity index is 797. The third-order valence-electron chi connectivity index (χ3n) is 3.90. The Labute approximate surface area is 169 Å². The van der Waals surface area contributed by atoms with Gasteiger partial charge in [0.05, 0.1) is 19.6 Å². The van der Waals surface area contributed by atoms with E-state index in [0.29, 0.717) is 11.7 Å². The summed E-state index contributed by atoms with van der Waals surface area (Å²) in [4.78, 5) is 23.7. The number of carbonyl (C=O) groups is 2. The molecule has 0 fully saturated rings. The fourth-order valence-corrected chi connectivity index (χ4v) is 2.64. The highest BCUT2D eigenvalue weighted by Crippen LogP contribution is 2.16. The van der Waals surface area contributed by atoms with Crippen molar-refractivity contribution < 1.29 is 14.3 Å². The van der Waals surface area contributed by atoms with E-state index in [1.54, 1.807) is 7.11 Å². The van der Waals surface area contributed by atoms with Gasteiger partial charge in [-0.25, -0.2) is 0 Å². The average Bonchev–Trinajstić information content (AvgIpc) is 2.71. The van der Waals surface area contributed by atoms with Crippen molar-refractivity contribution >= 4 is 29.1 Å². The number of benzene rings is 2. The van der Waals surface area contributed by atoms with E-state index in [-0.39, 0.29) is 18.2 Å². The number of thiocarbonyl (C=S) groups is 1. The second-order valence-electron chi connectivity index (χ2n) is 6.07. The Morgan fingerprint density at radius 3 is 2.32 bits per heavy atom. The van der Waals surface area contributed by atoms with E-state index in [0.717, 1.165) is 16.9 Å². The van der Waals surface area contributed by atoms with Gasteiger partial charge in [0.2, 0.25) is 11.8 Å². The van der Waals surface area contributed by atoms with E-state index in [1.165, 1.54) is 6.92 Å². The lowest BCUT2D eigenvalue weighted by Crippen LogP contribution is -2.47. The molecule has 2 amide bonds. The van der Waals surface area contributed by atoms with Crippen molar-refractivity contribution in [3.63, 3.8) is 0 Å². The number of methoxy groups -OCH3 is 1. The molecule has 2 aromatic carbocycles. The summed E-state index contributed by atoms with van der Waals surface area (Å²) in [5.41, 5.74) is 7.09. The van der Waals surface area contributed by atoms with E-state index in [9.17, 15) is 9.59 Å². The predicted molar refractivity (Wildman–Crippen MR) is 111 cm³/mol. The molecule has 148 valence electrons. The van der Waals surface area contributed by atoms with Crippen LogP contribution in [-0.2, 0) is 16.1 Å². The zero-order chi connectivity index (χ0) is 20.4. The highest BCUT2D eigenvalue weighted by Gasteiger charge is 2.16. The molecule has 4 N–H and O–H groups in total. The smallest absolute Gasteiger partial charge is 0.240 e. The molecule has 0 saturated carbocycles.